The van der Waals surface area contributed by atoms with E-state index in [-0.39, 0.29) is 0 Å². The monoisotopic (exact) mass is 364 g/mol. The van der Waals surface area contributed by atoms with E-state index in [0.717, 1.165) is 48.8 Å². The molecule has 0 heterocycles. The molecule has 2 aliphatic carbocycles. The van der Waals surface area contributed by atoms with Gasteiger partial charge in [-0.25, -0.2) is 13.2 Å². The topological polar surface area (TPSA) is 0 Å². The summed E-state index contributed by atoms with van der Waals surface area (Å²) in [5.41, 5.74) is 1.46. The molecular weight excluding hydrogens is 333 g/mol. The van der Waals surface area contributed by atoms with Crippen LogP contribution in [0, 0.1) is 35.2 Å². The average molecular weight is 364 g/mol. The normalized spacial score (nSPS) is 26.6. The van der Waals surface area contributed by atoms with Crippen molar-refractivity contribution in [3.8, 4) is 0 Å². The predicted octanol–water partition coefficient (Wildman–Crippen LogP) is 7.67. The second kappa shape index (κ2) is 9.10. The highest BCUT2D eigenvalue weighted by molar-refractivity contribution is 5.66. The molecule has 0 bridgehead atoms. The molecule has 0 nitrogen and oxygen atoms in total. The summed E-state index contributed by atoms with van der Waals surface area (Å²) in [7, 11) is 0. The number of rotatable bonds is 6. The molecule has 1 aromatic carbocycles. The quantitative estimate of drug-likeness (QED) is 0.359. The first-order valence-corrected chi connectivity index (χ1v) is 10.4. The van der Waals surface area contributed by atoms with Crippen LogP contribution >= 0.6 is 0 Å². The van der Waals surface area contributed by atoms with Gasteiger partial charge in [-0.1, -0.05) is 51.5 Å². The fourth-order valence-electron chi connectivity index (χ4n) is 4.92. The van der Waals surface area contributed by atoms with Gasteiger partial charge in [-0.3, -0.25) is 0 Å². The standard InChI is InChI=1S/C23H31F3/c1-2-3-4-5-16-6-8-17(9-7-16)18-10-12-19(13-11-18)20-14-21(24)23(26)22(25)15-20/h12,14-18H,2-11,13H2,1H3/t16-,17-,18?. The zero-order chi connectivity index (χ0) is 18.5. The highest BCUT2D eigenvalue weighted by Gasteiger charge is 2.28. The Bertz CT molecular complexity index is 603. The van der Waals surface area contributed by atoms with Gasteiger partial charge in [0.2, 0.25) is 0 Å². The van der Waals surface area contributed by atoms with Crippen LogP contribution in [0.4, 0.5) is 13.2 Å². The zero-order valence-electron chi connectivity index (χ0n) is 15.9. The van der Waals surface area contributed by atoms with Crippen molar-refractivity contribution in [2.75, 3.05) is 0 Å². The van der Waals surface area contributed by atoms with Crippen LogP contribution in [0.3, 0.4) is 0 Å². The van der Waals surface area contributed by atoms with Gasteiger partial charge < -0.3 is 0 Å². The summed E-state index contributed by atoms with van der Waals surface area (Å²) in [6.07, 6.45) is 15.9. The first kappa shape index (κ1) is 19.5. The maximum absolute atomic E-state index is 13.5. The molecule has 1 aromatic rings. The maximum atomic E-state index is 13.5. The Hall–Kier alpha value is -1.25. The molecule has 0 aromatic heterocycles. The molecule has 3 heteroatoms. The van der Waals surface area contributed by atoms with Crippen LogP contribution in [0.15, 0.2) is 18.2 Å². The van der Waals surface area contributed by atoms with E-state index in [4.69, 9.17) is 0 Å². The molecule has 0 amide bonds. The van der Waals surface area contributed by atoms with Crippen LogP contribution < -0.4 is 0 Å². The molecule has 144 valence electrons. The third-order valence-corrected chi connectivity index (χ3v) is 6.58. The van der Waals surface area contributed by atoms with Gasteiger partial charge in [0, 0.05) is 0 Å². The summed E-state index contributed by atoms with van der Waals surface area (Å²) in [6.45, 7) is 2.26. The fourth-order valence-corrected chi connectivity index (χ4v) is 4.92. The van der Waals surface area contributed by atoms with E-state index >= 15 is 0 Å². The Labute approximate surface area is 155 Å². The molecular formula is C23H31F3. The van der Waals surface area contributed by atoms with Crippen LogP contribution in [-0.4, -0.2) is 0 Å². The molecule has 1 fully saturated rings. The summed E-state index contributed by atoms with van der Waals surface area (Å²) in [4.78, 5) is 0. The van der Waals surface area contributed by atoms with Crippen LogP contribution in [-0.2, 0) is 0 Å². The first-order chi connectivity index (χ1) is 12.6. The third kappa shape index (κ3) is 4.72. The average Bonchev–Trinajstić information content (AvgIpc) is 2.67. The largest absolute Gasteiger partial charge is 0.204 e. The molecule has 0 N–H and O–H groups in total. The van der Waals surface area contributed by atoms with Gasteiger partial charge in [0.05, 0.1) is 0 Å². The number of allylic oxidation sites excluding steroid dienone is 2. The molecule has 0 spiro atoms. The molecule has 0 aliphatic heterocycles. The van der Waals surface area contributed by atoms with Crippen molar-refractivity contribution < 1.29 is 13.2 Å². The molecule has 26 heavy (non-hydrogen) atoms. The van der Waals surface area contributed by atoms with E-state index < -0.39 is 17.5 Å². The van der Waals surface area contributed by atoms with Crippen molar-refractivity contribution >= 4 is 5.57 Å². The zero-order valence-corrected chi connectivity index (χ0v) is 15.9. The predicted molar refractivity (Wildman–Crippen MR) is 101 cm³/mol. The number of hydrogen-bond donors (Lipinski definition) is 0. The lowest BCUT2D eigenvalue weighted by molar-refractivity contribution is 0.187. The van der Waals surface area contributed by atoms with Gasteiger partial charge >= 0.3 is 0 Å². The maximum Gasteiger partial charge on any atom is 0.194 e. The van der Waals surface area contributed by atoms with Gasteiger partial charge in [0.15, 0.2) is 17.5 Å². The van der Waals surface area contributed by atoms with E-state index in [2.05, 4.69) is 13.0 Å². The number of unbranched alkanes of at least 4 members (excludes halogenated alkanes) is 2. The second-order valence-electron chi connectivity index (χ2n) is 8.29. The Kier molecular flexibility index (Phi) is 6.83. The second-order valence-corrected chi connectivity index (χ2v) is 8.29. The van der Waals surface area contributed by atoms with E-state index in [1.54, 1.807) is 0 Å². The summed E-state index contributed by atoms with van der Waals surface area (Å²) < 4.78 is 40.1. The van der Waals surface area contributed by atoms with Crippen LogP contribution in [0.25, 0.3) is 5.57 Å². The lowest BCUT2D eigenvalue weighted by Gasteiger charge is -2.35. The molecule has 1 unspecified atom stereocenters. The molecule has 1 atom stereocenters. The van der Waals surface area contributed by atoms with E-state index in [1.165, 1.54) is 51.4 Å². The minimum absolute atomic E-state index is 0.500. The Morgan fingerprint density at radius 1 is 0.885 bits per heavy atom. The highest BCUT2D eigenvalue weighted by Crippen LogP contribution is 2.42. The van der Waals surface area contributed by atoms with Crippen molar-refractivity contribution in [3.63, 3.8) is 0 Å². The fraction of sp³-hybridized carbons (Fsp3) is 0.652. The van der Waals surface area contributed by atoms with Crippen LogP contribution in [0.2, 0.25) is 0 Å². The first-order valence-electron chi connectivity index (χ1n) is 10.4. The van der Waals surface area contributed by atoms with Gasteiger partial charge in [-0.2, -0.15) is 0 Å². The number of hydrogen-bond acceptors (Lipinski definition) is 0. The summed E-state index contributed by atoms with van der Waals surface area (Å²) in [5, 5.41) is 0. The van der Waals surface area contributed by atoms with E-state index in [9.17, 15) is 13.2 Å². The summed E-state index contributed by atoms with van der Waals surface area (Å²) in [5.74, 6) is -1.13. The molecule has 2 aliphatic rings. The SMILES string of the molecule is CCCCC[C@H]1CC[C@H](C2CC=C(c3cc(F)c(F)c(F)c3)CC2)CC1. The molecule has 3 rings (SSSR count). The van der Waals surface area contributed by atoms with Crippen molar-refractivity contribution in [2.45, 2.75) is 77.6 Å². The number of halogens is 3. The van der Waals surface area contributed by atoms with Crippen molar-refractivity contribution in [2.24, 2.45) is 17.8 Å². The van der Waals surface area contributed by atoms with Crippen LogP contribution in [0.5, 0.6) is 0 Å². The Morgan fingerprint density at radius 3 is 2.15 bits per heavy atom. The van der Waals surface area contributed by atoms with E-state index in [0.29, 0.717) is 11.5 Å². The van der Waals surface area contributed by atoms with Gasteiger partial charge in [-0.05, 0) is 73.1 Å². The van der Waals surface area contributed by atoms with Crippen molar-refractivity contribution in [3.05, 3.63) is 41.2 Å². The minimum Gasteiger partial charge on any atom is -0.204 e. The van der Waals surface area contributed by atoms with Gasteiger partial charge in [0.25, 0.3) is 0 Å². The Morgan fingerprint density at radius 2 is 1.58 bits per heavy atom. The summed E-state index contributed by atoms with van der Waals surface area (Å²) >= 11 is 0. The lowest BCUT2D eigenvalue weighted by atomic mass is 9.70. The number of benzene rings is 1. The minimum atomic E-state index is -1.38. The summed E-state index contributed by atoms with van der Waals surface area (Å²) in [6, 6.07) is 2.26. The van der Waals surface area contributed by atoms with E-state index in [1.807, 2.05) is 0 Å². The molecule has 1 saturated carbocycles. The van der Waals surface area contributed by atoms with Crippen molar-refractivity contribution in [1.29, 1.82) is 0 Å². The lowest BCUT2D eigenvalue weighted by Crippen LogP contribution is -2.23. The van der Waals surface area contributed by atoms with Crippen molar-refractivity contribution in [1.82, 2.24) is 0 Å². The Balaban J connectivity index is 1.52. The van der Waals surface area contributed by atoms with Gasteiger partial charge in [-0.15, -0.1) is 0 Å². The van der Waals surface area contributed by atoms with Gasteiger partial charge in [0.1, 0.15) is 0 Å². The molecule has 0 radical (unpaired) electrons. The highest BCUT2D eigenvalue weighted by atomic mass is 19.2. The smallest absolute Gasteiger partial charge is 0.194 e. The third-order valence-electron chi connectivity index (χ3n) is 6.58. The molecule has 0 saturated heterocycles. The van der Waals surface area contributed by atoms with Crippen LogP contribution in [0.1, 0.15) is 83.1 Å².